The molecular formula is C23H27BrN2O2. The predicted octanol–water partition coefficient (Wildman–Crippen LogP) is 4.48. The Kier molecular flexibility index (Phi) is 5.59. The van der Waals surface area contributed by atoms with Crippen LogP contribution in [0, 0.1) is 0 Å². The Bertz CT molecular complexity index is 821. The Morgan fingerprint density at radius 1 is 1.07 bits per heavy atom. The molecule has 4 rings (SSSR count). The fourth-order valence-corrected chi connectivity index (χ4v) is 4.37. The van der Waals surface area contributed by atoms with Crippen LogP contribution < -0.4 is 5.32 Å². The van der Waals surface area contributed by atoms with Gasteiger partial charge in [-0.15, -0.1) is 0 Å². The van der Waals surface area contributed by atoms with Crippen LogP contribution >= 0.6 is 15.9 Å². The third-order valence-electron chi connectivity index (χ3n) is 5.62. The lowest BCUT2D eigenvalue weighted by molar-refractivity contribution is -0.0704. The molecule has 2 unspecified atom stereocenters. The molecule has 28 heavy (non-hydrogen) atoms. The van der Waals surface area contributed by atoms with E-state index in [2.05, 4.69) is 64.3 Å². The van der Waals surface area contributed by atoms with Crippen molar-refractivity contribution in [3.05, 3.63) is 69.7 Å². The molecule has 1 aliphatic heterocycles. The quantitative estimate of drug-likeness (QED) is 0.741. The van der Waals surface area contributed by atoms with Gasteiger partial charge in [-0.2, -0.15) is 0 Å². The minimum atomic E-state index is -0.198. The number of amides is 1. The van der Waals surface area contributed by atoms with E-state index in [9.17, 15) is 4.79 Å². The average molecular weight is 443 g/mol. The lowest BCUT2D eigenvalue weighted by Gasteiger charge is -2.35. The van der Waals surface area contributed by atoms with Crippen molar-refractivity contribution in [3.63, 3.8) is 0 Å². The SMILES string of the molecule is CC1CN(Cc2ccc(C(=O)NC3(c4ccc(Br)cc4)CC3)cc2)CC(C)O1. The maximum atomic E-state index is 12.8. The molecule has 2 aromatic rings. The van der Waals surface area contributed by atoms with E-state index in [4.69, 9.17) is 4.74 Å². The molecule has 1 N–H and O–H groups in total. The fourth-order valence-electron chi connectivity index (χ4n) is 4.10. The number of ether oxygens (including phenoxy) is 1. The Balaban J connectivity index is 1.38. The summed E-state index contributed by atoms with van der Waals surface area (Å²) in [6.07, 6.45) is 2.52. The van der Waals surface area contributed by atoms with Crippen LogP contribution in [0.15, 0.2) is 53.0 Å². The monoisotopic (exact) mass is 442 g/mol. The first-order valence-electron chi connectivity index (χ1n) is 9.99. The number of carbonyl (C=O) groups excluding carboxylic acids is 1. The lowest BCUT2D eigenvalue weighted by atomic mass is 10.0. The Labute approximate surface area is 175 Å². The van der Waals surface area contributed by atoms with Gasteiger partial charge in [-0.25, -0.2) is 0 Å². The van der Waals surface area contributed by atoms with E-state index in [0.29, 0.717) is 0 Å². The first-order valence-corrected chi connectivity index (χ1v) is 10.8. The number of benzene rings is 2. The van der Waals surface area contributed by atoms with Crippen LogP contribution in [0.2, 0.25) is 0 Å². The number of carbonyl (C=O) groups is 1. The highest BCUT2D eigenvalue weighted by molar-refractivity contribution is 9.10. The number of nitrogens with one attached hydrogen (secondary N) is 1. The Morgan fingerprint density at radius 3 is 2.25 bits per heavy atom. The molecule has 148 valence electrons. The van der Waals surface area contributed by atoms with Crippen LogP contribution in [0.25, 0.3) is 0 Å². The molecule has 0 radical (unpaired) electrons. The van der Waals surface area contributed by atoms with Gasteiger partial charge in [0.15, 0.2) is 0 Å². The van der Waals surface area contributed by atoms with Gasteiger partial charge in [-0.05, 0) is 62.1 Å². The molecule has 1 amide bonds. The molecular weight excluding hydrogens is 416 g/mol. The summed E-state index contributed by atoms with van der Waals surface area (Å²) < 4.78 is 6.86. The number of rotatable bonds is 5. The Hall–Kier alpha value is -1.69. The molecule has 0 spiro atoms. The third-order valence-corrected chi connectivity index (χ3v) is 6.15. The zero-order valence-electron chi connectivity index (χ0n) is 16.5. The smallest absolute Gasteiger partial charge is 0.251 e. The predicted molar refractivity (Wildman–Crippen MR) is 114 cm³/mol. The van der Waals surface area contributed by atoms with Crippen molar-refractivity contribution in [2.45, 2.75) is 51.0 Å². The summed E-state index contributed by atoms with van der Waals surface area (Å²) in [5, 5.41) is 3.25. The molecule has 1 aliphatic carbocycles. The fraction of sp³-hybridized carbons (Fsp3) is 0.435. The van der Waals surface area contributed by atoms with Crippen LogP contribution in [-0.2, 0) is 16.8 Å². The third kappa shape index (κ3) is 4.48. The van der Waals surface area contributed by atoms with E-state index in [1.807, 2.05) is 24.3 Å². The summed E-state index contributed by atoms with van der Waals surface area (Å²) in [5.74, 6) is 0.000542. The van der Waals surface area contributed by atoms with Crippen LogP contribution in [0.4, 0.5) is 0 Å². The molecule has 4 nitrogen and oxygen atoms in total. The molecule has 2 fully saturated rings. The number of morpholine rings is 1. The number of hydrogen-bond donors (Lipinski definition) is 1. The molecule has 1 heterocycles. The van der Waals surface area contributed by atoms with E-state index in [-0.39, 0.29) is 23.7 Å². The molecule has 2 aromatic carbocycles. The molecule has 5 heteroatoms. The van der Waals surface area contributed by atoms with E-state index in [0.717, 1.165) is 42.5 Å². The maximum absolute atomic E-state index is 12.8. The molecule has 2 atom stereocenters. The van der Waals surface area contributed by atoms with Gasteiger partial charge in [0.05, 0.1) is 17.7 Å². The zero-order chi connectivity index (χ0) is 19.7. The normalized spacial score (nSPS) is 24.0. The highest BCUT2D eigenvalue weighted by atomic mass is 79.9. The van der Waals surface area contributed by atoms with Gasteiger partial charge in [-0.3, -0.25) is 9.69 Å². The van der Waals surface area contributed by atoms with Crippen LogP contribution in [-0.4, -0.2) is 36.1 Å². The molecule has 2 aliphatic rings. The van der Waals surface area contributed by atoms with Gasteiger partial charge in [0.25, 0.3) is 5.91 Å². The highest BCUT2D eigenvalue weighted by Gasteiger charge is 2.45. The molecule has 1 saturated heterocycles. The van der Waals surface area contributed by atoms with E-state index >= 15 is 0 Å². The van der Waals surface area contributed by atoms with Gasteiger partial charge in [0, 0.05) is 29.7 Å². The summed E-state index contributed by atoms with van der Waals surface area (Å²) in [6.45, 7) is 7.03. The van der Waals surface area contributed by atoms with Crippen molar-refractivity contribution in [2.75, 3.05) is 13.1 Å². The molecule has 1 saturated carbocycles. The van der Waals surface area contributed by atoms with Gasteiger partial charge in [0.1, 0.15) is 0 Å². The maximum Gasteiger partial charge on any atom is 0.251 e. The second kappa shape index (κ2) is 7.97. The van der Waals surface area contributed by atoms with Crippen molar-refractivity contribution >= 4 is 21.8 Å². The highest BCUT2D eigenvalue weighted by Crippen LogP contribution is 2.45. The number of halogens is 1. The summed E-state index contributed by atoms with van der Waals surface area (Å²) in [4.78, 5) is 15.2. The van der Waals surface area contributed by atoms with Crippen molar-refractivity contribution in [1.29, 1.82) is 0 Å². The largest absolute Gasteiger partial charge is 0.373 e. The van der Waals surface area contributed by atoms with E-state index < -0.39 is 0 Å². The van der Waals surface area contributed by atoms with Crippen molar-refractivity contribution < 1.29 is 9.53 Å². The van der Waals surface area contributed by atoms with Gasteiger partial charge >= 0.3 is 0 Å². The van der Waals surface area contributed by atoms with Gasteiger partial charge in [0.2, 0.25) is 0 Å². The van der Waals surface area contributed by atoms with E-state index in [1.165, 1.54) is 11.1 Å². The molecule has 0 bridgehead atoms. The number of hydrogen-bond acceptors (Lipinski definition) is 3. The minimum absolute atomic E-state index is 0.000542. The zero-order valence-corrected chi connectivity index (χ0v) is 18.0. The summed E-state index contributed by atoms with van der Waals surface area (Å²) in [7, 11) is 0. The van der Waals surface area contributed by atoms with Crippen LogP contribution in [0.5, 0.6) is 0 Å². The van der Waals surface area contributed by atoms with E-state index in [1.54, 1.807) is 0 Å². The lowest BCUT2D eigenvalue weighted by Crippen LogP contribution is -2.44. The summed E-state index contributed by atoms with van der Waals surface area (Å²) in [6, 6.07) is 16.3. The number of nitrogens with zero attached hydrogens (tertiary/aromatic N) is 1. The first-order chi connectivity index (χ1) is 13.4. The summed E-state index contributed by atoms with van der Waals surface area (Å²) in [5.41, 5.74) is 2.93. The minimum Gasteiger partial charge on any atom is -0.373 e. The second-order valence-corrected chi connectivity index (χ2v) is 9.11. The van der Waals surface area contributed by atoms with Crippen LogP contribution in [0.3, 0.4) is 0 Å². The van der Waals surface area contributed by atoms with Crippen molar-refractivity contribution in [2.24, 2.45) is 0 Å². The standard InChI is InChI=1S/C23H27BrN2O2/c1-16-13-26(14-17(2)28-16)15-18-3-5-19(6-4-18)22(27)25-23(11-12-23)20-7-9-21(24)10-8-20/h3-10,16-17H,11-15H2,1-2H3,(H,25,27). The Morgan fingerprint density at radius 2 is 1.68 bits per heavy atom. The van der Waals surface area contributed by atoms with Gasteiger partial charge < -0.3 is 10.1 Å². The van der Waals surface area contributed by atoms with Crippen LogP contribution in [0.1, 0.15) is 48.2 Å². The summed E-state index contributed by atoms with van der Waals surface area (Å²) >= 11 is 3.47. The van der Waals surface area contributed by atoms with Crippen molar-refractivity contribution in [3.8, 4) is 0 Å². The van der Waals surface area contributed by atoms with Crippen molar-refractivity contribution in [1.82, 2.24) is 10.2 Å². The first kappa shape index (κ1) is 19.6. The average Bonchev–Trinajstić information content (AvgIpc) is 3.42. The molecule has 0 aromatic heterocycles. The van der Waals surface area contributed by atoms with Gasteiger partial charge in [-0.1, -0.05) is 40.2 Å². The second-order valence-electron chi connectivity index (χ2n) is 8.19. The topological polar surface area (TPSA) is 41.6 Å².